The van der Waals surface area contributed by atoms with Gasteiger partial charge in [0.2, 0.25) is 5.91 Å². The van der Waals surface area contributed by atoms with Gasteiger partial charge in [0.25, 0.3) is 0 Å². The van der Waals surface area contributed by atoms with E-state index in [0.29, 0.717) is 6.42 Å². The number of hydrogen-bond acceptors (Lipinski definition) is 2. The van der Waals surface area contributed by atoms with Gasteiger partial charge in [0.15, 0.2) is 0 Å². The van der Waals surface area contributed by atoms with Gasteiger partial charge in [0.05, 0.1) is 5.92 Å². The fourth-order valence-corrected chi connectivity index (χ4v) is 2.52. The van der Waals surface area contributed by atoms with E-state index in [0.717, 1.165) is 30.5 Å². The molecule has 0 aliphatic heterocycles. The lowest BCUT2D eigenvalue weighted by atomic mass is 9.92. The lowest BCUT2D eigenvalue weighted by Gasteiger charge is -2.17. The number of carboxylic acid groups (broad SMARTS) is 1. The maximum absolute atomic E-state index is 12.4. The van der Waals surface area contributed by atoms with Crippen LogP contribution >= 0.6 is 0 Å². The monoisotopic (exact) mass is 273 g/mol. The van der Waals surface area contributed by atoms with E-state index in [1.165, 1.54) is 0 Å². The first-order valence-corrected chi connectivity index (χ1v) is 6.93. The minimum Gasteiger partial charge on any atom is -0.481 e. The second-order valence-corrected chi connectivity index (χ2v) is 5.01. The Bertz CT molecular complexity index is 508. The van der Waals surface area contributed by atoms with Gasteiger partial charge in [-0.2, -0.15) is 0 Å². The summed E-state index contributed by atoms with van der Waals surface area (Å²) >= 11 is 0. The molecule has 1 atom stereocenters. The first kappa shape index (κ1) is 14.3. The molecule has 0 saturated carbocycles. The summed E-state index contributed by atoms with van der Waals surface area (Å²) in [5.74, 6) is -1.29. The average molecular weight is 273 g/mol. The second kappa shape index (κ2) is 6.89. The summed E-state index contributed by atoms with van der Waals surface area (Å²) in [4.78, 5) is 23.1. The van der Waals surface area contributed by atoms with Crippen LogP contribution in [0.15, 0.2) is 42.0 Å². The molecule has 106 valence electrons. The molecule has 0 saturated heterocycles. The third kappa shape index (κ3) is 3.95. The number of nitrogens with one attached hydrogen (secondary N) is 1. The Kier molecular flexibility index (Phi) is 4.93. The van der Waals surface area contributed by atoms with E-state index in [4.69, 9.17) is 5.11 Å². The van der Waals surface area contributed by atoms with Crippen LogP contribution < -0.4 is 5.32 Å². The predicted octanol–water partition coefficient (Wildman–Crippen LogP) is 3.22. The van der Waals surface area contributed by atoms with Gasteiger partial charge in [-0.15, -0.1) is 0 Å². The predicted molar refractivity (Wildman–Crippen MR) is 77.4 cm³/mol. The van der Waals surface area contributed by atoms with Gasteiger partial charge in [0.1, 0.15) is 0 Å². The molecule has 20 heavy (non-hydrogen) atoms. The molecule has 0 bridgehead atoms. The van der Waals surface area contributed by atoms with Crippen molar-refractivity contribution in [3.05, 3.63) is 42.0 Å². The number of hydrogen-bond donors (Lipinski definition) is 2. The van der Waals surface area contributed by atoms with Crippen LogP contribution in [-0.2, 0) is 9.59 Å². The van der Waals surface area contributed by atoms with Gasteiger partial charge >= 0.3 is 5.97 Å². The van der Waals surface area contributed by atoms with Crippen LogP contribution in [-0.4, -0.2) is 17.0 Å². The molecule has 1 unspecified atom stereocenters. The number of carboxylic acids is 1. The van der Waals surface area contributed by atoms with Crippen molar-refractivity contribution >= 4 is 17.6 Å². The van der Waals surface area contributed by atoms with Crippen molar-refractivity contribution in [1.82, 2.24) is 0 Å². The van der Waals surface area contributed by atoms with Crippen molar-refractivity contribution in [2.75, 3.05) is 5.32 Å². The molecule has 1 amide bonds. The highest BCUT2D eigenvalue weighted by Gasteiger charge is 2.25. The molecule has 4 nitrogen and oxygen atoms in total. The van der Waals surface area contributed by atoms with E-state index in [-0.39, 0.29) is 18.2 Å². The molecule has 0 radical (unpaired) electrons. The second-order valence-electron chi connectivity index (χ2n) is 5.01. The van der Waals surface area contributed by atoms with Gasteiger partial charge in [0, 0.05) is 12.1 Å². The summed E-state index contributed by atoms with van der Waals surface area (Å²) in [7, 11) is 0. The largest absolute Gasteiger partial charge is 0.481 e. The number of aliphatic carboxylic acids is 1. The smallest absolute Gasteiger partial charge is 0.303 e. The minimum absolute atomic E-state index is 0.0181. The molecule has 1 aliphatic carbocycles. The molecule has 1 aromatic rings. The van der Waals surface area contributed by atoms with Gasteiger partial charge < -0.3 is 10.4 Å². The number of para-hydroxylation sites is 1. The molecular weight excluding hydrogens is 254 g/mol. The quantitative estimate of drug-likeness (QED) is 0.782. The Morgan fingerprint density at radius 2 is 2.00 bits per heavy atom. The van der Waals surface area contributed by atoms with Crippen LogP contribution in [0.5, 0.6) is 0 Å². The summed E-state index contributed by atoms with van der Waals surface area (Å²) in [6.07, 6.45) is 5.39. The van der Waals surface area contributed by atoms with Crippen molar-refractivity contribution in [2.45, 2.75) is 32.1 Å². The topological polar surface area (TPSA) is 66.4 Å². The highest BCUT2D eigenvalue weighted by atomic mass is 16.4. The lowest BCUT2D eigenvalue weighted by Crippen LogP contribution is -2.25. The molecule has 2 rings (SSSR count). The number of rotatable bonds is 6. The molecule has 2 N–H and O–H groups in total. The first-order valence-electron chi connectivity index (χ1n) is 6.93. The lowest BCUT2D eigenvalue weighted by molar-refractivity contribution is -0.137. The third-order valence-corrected chi connectivity index (χ3v) is 3.53. The van der Waals surface area contributed by atoms with E-state index in [2.05, 4.69) is 11.4 Å². The molecule has 0 aromatic heterocycles. The number of carbonyl (C=O) groups excluding carboxylic acids is 1. The fraction of sp³-hybridized carbons (Fsp3) is 0.375. The number of benzene rings is 1. The number of allylic oxidation sites excluding steroid dienone is 1. The Hall–Kier alpha value is -2.10. The van der Waals surface area contributed by atoms with E-state index in [1.807, 2.05) is 30.3 Å². The summed E-state index contributed by atoms with van der Waals surface area (Å²) in [6.45, 7) is 0. The van der Waals surface area contributed by atoms with Crippen LogP contribution in [0.3, 0.4) is 0 Å². The summed E-state index contributed by atoms with van der Waals surface area (Å²) in [6, 6.07) is 9.26. The van der Waals surface area contributed by atoms with Crippen LogP contribution in [0.25, 0.3) is 0 Å². The molecule has 0 fully saturated rings. The van der Waals surface area contributed by atoms with Crippen molar-refractivity contribution in [2.24, 2.45) is 5.92 Å². The third-order valence-electron chi connectivity index (χ3n) is 3.53. The molecule has 1 aliphatic rings. The zero-order chi connectivity index (χ0) is 14.4. The van der Waals surface area contributed by atoms with Gasteiger partial charge in [-0.05, 0) is 37.8 Å². The zero-order valence-electron chi connectivity index (χ0n) is 11.3. The summed E-state index contributed by atoms with van der Waals surface area (Å²) in [5.41, 5.74) is 1.83. The van der Waals surface area contributed by atoms with Gasteiger partial charge in [-0.25, -0.2) is 0 Å². The Balaban J connectivity index is 2.05. The standard InChI is InChI=1S/C16H19NO3/c18-15(19)11-10-14(12-6-4-5-7-12)16(20)17-13-8-2-1-3-9-13/h1-3,6,8-9,14H,4-5,7,10-11H2,(H,17,20)(H,18,19). The Morgan fingerprint density at radius 1 is 1.25 bits per heavy atom. The van der Waals surface area contributed by atoms with Crippen LogP contribution in [0.2, 0.25) is 0 Å². The molecular formula is C16H19NO3. The highest BCUT2D eigenvalue weighted by molar-refractivity contribution is 5.94. The molecule has 4 heteroatoms. The molecule has 1 aromatic carbocycles. The van der Waals surface area contributed by atoms with Crippen molar-refractivity contribution in [1.29, 1.82) is 0 Å². The van der Waals surface area contributed by atoms with Crippen LogP contribution in [0.4, 0.5) is 5.69 Å². The molecule has 0 heterocycles. The van der Waals surface area contributed by atoms with Crippen LogP contribution in [0, 0.1) is 5.92 Å². The normalized spacial score (nSPS) is 15.5. The number of amides is 1. The zero-order valence-corrected chi connectivity index (χ0v) is 11.3. The van der Waals surface area contributed by atoms with Crippen molar-refractivity contribution in [3.63, 3.8) is 0 Å². The fourth-order valence-electron chi connectivity index (χ4n) is 2.52. The summed E-state index contributed by atoms with van der Waals surface area (Å²) < 4.78 is 0. The van der Waals surface area contributed by atoms with E-state index in [1.54, 1.807) is 0 Å². The van der Waals surface area contributed by atoms with E-state index >= 15 is 0 Å². The number of carbonyl (C=O) groups is 2. The average Bonchev–Trinajstić information content (AvgIpc) is 2.93. The SMILES string of the molecule is O=C(O)CCC(C(=O)Nc1ccccc1)C1=CCCC1. The van der Waals surface area contributed by atoms with E-state index < -0.39 is 5.97 Å². The Labute approximate surface area is 118 Å². The van der Waals surface area contributed by atoms with Gasteiger partial charge in [-0.1, -0.05) is 29.8 Å². The maximum atomic E-state index is 12.4. The van der Waals surface area contributed by atoms with Crippen molar-refractivity contribution in [3.8, 4) is 0 Å². The first-order chi connectivity index (χ1) is 9.66. The Morgan fingerprint density at radius 3 is 2.60 bits per heavy atom. The summed E-state index contributed by atoms with van der Waals surface area (Å²) in [5, 5.41) is 11.7. The van der Waals surface area contributed by atoms with Gasteiger partial charge in [-0.3, -0.25) is 9.59 Å². The van der Waals surface area contributed by atoms with E-state index in [9.17, 15) is 9.59 Å². The maximum Gasteiger partial charge on any atom is 0.303 e. The van der Waals surface area contributed by atoms with Crippen LogP contribution in [0.1, 0.15) is 32.1 Å². The highest BCUT2D eigenvalue weighted by Crippen LogP contribution is 2.29. The number of anilines is 1. The van der Waals surface area contributed by atoms with Crippen molar-refractivity contribution < 1.29 is 14.7 Å². The molecule has 0 spiro atoms. The minimum atomic E-state index is -0.860.